The number of anilines is 1. The average molecular weight is 332 g/mol. The summed E-state index contributed by atoms with van der Waals surface area (Å²) in [5.74, 6) is -0.926. The van der Waals surface area contributed by atoms with Crippen molar-refractivity contribution >= 4 is 23.5 Å². The Kier molecular flexibility index (Phi) is 4.53. The van der Waals surface area contributed by atoms with Crippen LogP contribution in [0.25, 0.3) is 0 Å². The van der Waals surface area contributed by atoms with Crippen LogP contribution < -0.4 is 5.32 Å². The van der Waals surface area contributed by atoms with E-state index in [2.05, 4.69) is 10.1 Å². The summed E-state index contributed by atoms with van der Waals surface area (Å²) in [5.41, 5.74) is -0.151. The molecule has 1 heterocycles. The highest BCUT2D eigenvalue weighted by atomic mass is 16.5. The number of carbonyl (C=O) groups is 3. The molecule has 0 atom stereocenters. The molecule has 3 rings (SSSR count). The highest BCUT2D eigenvalue weighted by Crippen LogP contribution is 2.48. The van der Waals surface area contributed by atoms with Crippen LogP contribution in [0.3, 0.4) is 0 Å². The summed E-state index contributed by atoms with van der Waals surface area (Å²) in [5, 5.41) is 2.76. The lowest BCUT2D eigenvalue weighted by Gasteiger charge is -2.30. The summed E-state index contributed by atoms with van der Waals surface area (Å²) in [7, 11) is 1.30. The number of rotatable bonds is 4. The second-order valence-corrected chi connectivity index (χ2v) is 6.01. The van der Waals surface area contributed by atoms with E-state index in [0.29, 0.717) is 50.4 Å². The van der Waals surface area contributed by atoms with Crippen LogP contribution in [0.4, 0.5) is 5.69 Å². The third-order valence-electron chi connectivity index (χ3n) is 4.43. The van der Waals surface area contributed by atoms with Crippen molar-refractivity contribution in [1.82, 2.24) is 4.90 Å². The number of esters is 1. The Labute approximate surface area is 139 Å². The fourth-order valence-electron chi connectivity index (χ4n) is 2.82. The van der Waals surface area contributed by atoms with E-state index in [4.69, 9.17) is 4.74 Å². The monoisotopic (exact) mass is 332 g/mol. The first kappa shape index (κ1) is 16.4. The molecule has 24 heavy (non-hydrogen) atoms. The number of benzene rings is 1. The molecule has 2 aliphatic rings. The maximum absolute atomic E-state index is 12.7. The normalized spacial score (nSPS) is 18.6. The van der Waals surface area contributed by atoms with Crippen LogP contribution in [0.1, 0.15) is 23.2 Å². The Bertz CT molecular complexity index is 663. The molecule has 7 nitrogen and oxygen atoms in total. The zero-order chi connectivity index (χ0) is 17.2. The summed E-state index contributed by atoms with van der Waals surface area (Å²) >= 11 is 0. The van der Waals surface area contributed by atoms with E-state index >= 15 is 0 Å². The number of nitrogens with zero attached hydrogens (tertiary/aromatic N) is 1. The van der Waals surface area contributed by atoms with Gasteiger partial charge in [-0.05, 0) is 31.0 Å². The smallest absolute Gasteiger partial charge is 0.337 e. The molecule has 2 amide bonds. The summed E-state index contributed by atoms with van der Waals surface area (Å²) in [6.07, 6.45) is 1.09. The third kappa shape index (κ3) is 3.12. The van der Waals surface area contributed by atoms with E-state index in [1.54, 1.807) is 29.2 Å². The van der Waals surface area contributed by atoms with Gasteiger partial charge in [0.1, 0.15) is 5.41 Å². The molecule has 7 heteroatoms. The van der Waals surface area contributed by atoms with Gasteiger partial charge >= 0.3 is 5.97 Å². The minimum absolute atomic E-state index is 0.132. The molecule has 1 aliphatic carbocycles. The Hall–Kier alpha value is -2.41. The lowest BCUT2D eigenvalue weighted by atomic mass is 10.0. The lowest BCUT2D eigenvalue weighted by Crippen LogP contribution is -2.47. The Morgan fingerprint density at radius 2 is 1.92 bits per heavy atom. The molecular weight excluding hydrogens is 312 g/mol. The van der Waals surface area contributed by atoms with Crippen molar-refractivity contribution in [2.24, 2.45) is 5.41 Å². The first-order valence-corrected chi connectivity index (χ1v) is 7.94. The zero-order valence-electron chi connectivity index (χ0n) is 13.5. The lowest BCUT2D eigenvalue weighted by molar-refractivity contribution is -0.145. The highest BCUT2D eigenvalue weighted by Gasteiger charge is 2.58. The van der Waals surface area contributed by atoms with Crippen LogP contribution in [0, 0.1) is 5.41 Å². The molecule has 1 aromatic rings. The number of hydrogen-bond acceptors (Lipinski definition) is 5. The van der Waals surface area contributed by atoms with Crippen LogP contribution >= 0.6 is 0 Å². The van der Waals surface area contributed by atoms with E-state index in [9.17, 15) is 14.4 Å². The molecule has 0 spiro atoms. The molecular formula is C17H20N2O5. The van der Waals surface area contributed by atoms with Crippen LogP contribution in [0.5, 0.6) is 0 Å². The van der Waals surface area contributed by atoms with Crippen LogP contribution in [0.2, 0.25) is 0 Å². The van der Waals surface area contributed by atoms with Gasteiger partial charge < -0.3 is 19.7 Å². The largest absolute Gasteiger partial charge is 0.465 e. The predicted molar refractivity (Wildman–Crippen MR) is 85.5 cm³/mol. The van der Waals surface area contributed by atoms with E-state index in [1.165, 1.54) is 7.11 Å². The predicted octanol–water partition coefficient (Wildman–Crippen LogP) is 1.05. The van der Waals surface area contributed by atoms with Crippen molar-refractivity contribution in [3.8, 4) is 0 Å². The number of hydrogen-bond donors (Lipinski definition) is 1. The van der Waals surface area contributed by atoms with Crippen molar-refractivity contribution in [3.63, 3.8) is 0 Å². The van der Waals surface area contributed by atoms with Gasteiger partial charge in [-0.3, -0.25) is 9.59 Å². The summed E-state index contributed by atoms with van der Waals surface area (Å²) < 4.78 is 9.92. The Morgan fingerprint density at radius 1 is 1.21 bits per heavy atom. The molecule has 2 fully saturated rings. The molecule has 1 aromatic carbocycles. The maximum atomic E-state index is 12.7. The van der Waals surface area contributed by atoms with Crippen LogP contribution in [0.15, 0.2) is 24.3 Å². The second kappa shape index (κ2) is 6.60. The second-order valence-electron chi connectivity index (χ2n) is 6.01. The van der Waals surface area contributed by atoms with Gasteiger partial charge in [-0.1, -0.05) is 6.07 Å². The fourth-order valence-corrected chi connectivity index (χ4v) is 2.82. The molecule has 0 aromatic heterocycles. The quantitative estimate of drug-likeness (QED) is 0.658. The molecule has 0 unspecified atom stereocenters. The SMILES string of the molecule is COC(=O)c1cccc(NC(=O)C2(C(=O)N3CCOCC3)CC2)c1. The van der Waals surface area contributed by atoms with Gasteiger partial charge in [-0.25, -0.2) is 4.79 Å². The van der Waals surface area contributed by atoms with Gasteiger partial charge in [0.05, 0.1) is 25.9 Å². The van der Waals surface area contributed by atoms with Crippen molar-refractivity contribution in [2.45, 2.75) is 12.8 Å². The molecule has 1 saturated carbocycles. The first-order valence-electron chi connectivity index (χ1n) is 7.94. The third-order valence-corrected chi connectivity index (χ3v) is 4.43. The Balaban J connectivity index is 1.70. The molecule has 1 N–H and O–H groups in total. The van der Waals surface area contributed by atoms with Gasteiger partial charge in [0.25, 0.3) is 0 Å². The summed E-state index contributed by atoms with van der Waals surface area (Å²) in [6, 6.07) is 6.48. The van der Waals surface area contributed by atoms with E-state index < -0.39 is 11.4 Å². The van der Waals surface area contributed by atoms with E-state index in [1.807, 2.05) is 0 Å². The van der Waals surface area contributed by atoms with Crippen LogP contribution in [-0.2, 0) is 19.1 Å². The fraction of sp³-hybridized carbons (Fsp3) is 0.471. The molecule has 128 valence electrons. The van der Waals surface area contributed by atoms with Crippen molar-refractivity contribution in [1.29, 1.82) is 0 Å². The average Bonchev–Trinajstić information content (AvgIpc) is 3.43. The molecule has 1 aliphatic heterocycles. The maximum Gasteiger partial charge on any atom is 0.337 e. The summed E-state index contributed by atoms with van der Waals surface area (Å²) in [4.78, 5) is 38.6. The minimum atomic E-state index is -0.974. The topological polar surface area (TPSA) is 84.9 Å². The number of methoxy groups -OCH3 is 1. The van der Waals surface area contributed by atoms with E-state index in [-0.39, 0.29) is 11.8 Å². The zero-order valence-corrected chi connectivity index (χ0v) is 13.5. The Morgan fingerprint density at radius 3 is 2.54 bits per heavy atom. The van der Waals surface area contributed by atoms with Gasteiger partial charge in [-0.15, -0.1) is 0 Å². The van der Waals surface area contributed by atoms with Gasteiger partial charge in [-0.2, -0.15) is 0 Å². The van der Waals surface area contributed by atoms with Crippen LogP contribution in [-0.4, -0.2) is 56.1 Å². The molecule has 1 saturated heterocycles. The van der Waals surface area contributed by atoms with Crippen molar-refractivity contribution in [2.75, 3.05) is 38.7 Å². The van der Waals surface area contributed by atoms with E-state index in [0.717, 1.165) is 0 Å². The number of nitrogens with one attached hydrogen (secondary N) is 1. The van der Waals surface area contributed by atoms with Gasteiger partial charge in [0.2, 0.25) is 11.8 Å². The standard InChI is InChI=1S/C17H20N2O5/c1-23-14(20)12-3-2-4-13(11-12)18-15(21)17(5-6-17)16(22)19-7-9-24-10-8-19/h2-4,11H,5-10H2,1H3,(H,18,21). The van der Waals surface area contributed by atoms with Gasteiger partial charge in [0.15, 0.2) is 0 Å². The first-order chi connectivity index (χ1) is 11.6. The summed E-state index contributed by atoms with van der Waals surface area (Å²) in [6.45, 7) is 2.05. The number of morpholine rings is 1. The number of ether oxygens (including phenoxy) is 2. The molecule has 0 bridgehead atoms. The van der Waals surface area contributed by atoms with Gasteiger partial charge in [0, 0.05) is 18.8 Å². The van der Waals surface area contributed by atoms with Crippen molar-refractivity contribution < 1.29 is 23.9 Å². The highest BCUT2D eigenvalue weighted by molar-refractivity contribution is 6.13. The minimum Gasteiger partial charge on any atom is -0.465 e. The van der Waals surface area contributed by atoms with Crippen molar-refractivity contribution in [3.05, 3.63) is 29.8 Å². The number of carbonyl (C=O) groups excluding carboxylic acids is 3. The molecule has 0 radical (unpaired) electrons. The number of amides is 2.